The molecule has 5 rings (SSSR count). The van der Waals surface area contributed by atoms with Crippen LogP contribution in [0.4, 0.5) is 0 Å². The maximum Gasteiger partial charge on any atom is 0.262 e. The molecule has 0 aromatic heterocycles. The Kier molecular flexibility index (Phi) is 6.79. The number of nitrogens with zero attached hydrogens (tertiary/aromatic N) is 2. The minimum atomic E-state index is -0.513. The number of amides is 4. The molecule has 2 heterocycles. The summed E-state index contributed by atoms with van der Waals surface area (Å²) in [5.74, 6) is -1.90. The maximum absolute atomic E-state index is 13.6. The minimum Gasteiger partial charge on any atom is -0.270 e. The Labute approximate surface area is 230 Å². The molecule has 1 aliphatic carbocycles. The highest BCUT2D eigenvalue weighted by molar-refractivity contribution is 9.12. The normalized spacial score (nSPS) is 25.1. The third-order valence-corrected chi connectivity index (χ3v) is 7.75. The van der Waals surface area contributed by atoms with E-state index >= 15 is 0 Å². The molecular weight excluding hydrogens is 600 g/mol. The van der Waals surface area contributed by atoms with Gasteiger partial charge in [-0.05, 0) is 44.8 Å². The predicted molar refractivity (Wildman–Crippen MR) is 146 cm³/mol. The lowest BCUT2D eigenvalue weighted by molar-refractivity contribution is -0.143. The largest absolute Gasteiger partial charge is 0.270 e. The Morgan fingerprint density at radius 2 is 1.22 bits per heavy atom. The third kappa shape index (κ3) is 4.63. The van der Waals surface area contributed by atoms with Gasteiger partial charge < -0.3 is 0 Å². The first kappa shape index (κ1) is 25.0. The van der Waals surface area contributed by atoms with Gasteiger partial charge in [0.2, 0.25) is 0 Å². The monoisotopic (exact) mass is 618 g/mol. The molecule has 6 nitrogen and oxygen atoms in total. The standard InChI is InChI=1S/C29H20Br2N2O4/c1-17-21-14-23(30)22-12-20(26(34)32(28(22)36)15-18-8-4-2-5-9-18)13-24(31)25(17)29(37)33(27(21)35)16-19-10-6-3-7-11-19/h2-11,13-14H,1,12,15-16H2/b20-13+,21-14+,23-22-,25-24-. The van der Waals surface area contributed by atoms with Crippen LogP contribution in [0.5, 0.6) is 0 Å². The Morgan fingerprint density at radius 3 is 1.78 bits per heavy atom. The van der Waals surface area contributed by atoms with Crippen molar-refractivity contribution in [2.24, 2.45) is 0 Å². The van der Waals surface area contributed by atoms with E-state index in [1.54, 1.807) is 6.08 Å². The second-order valence-corrected chi connectivity index (χ2v) is 10.5. The second kappa shape index (κ2) is 10.0. The quantitative estimate of drug-likeness (QED) is 0.439. The number of rotatable bonds is 4. The molecule has 0 unspecified atom stereocenters. The minimum absolute atomic E-state index is 0.0539. The first-order chi connectivity index (χ1) is 17.8. The number of likely N-dealkylation sites (tertiary alicyclic amines) is 2. The number of allylic oxidation sites excluding steroid dienone is 4. The van der Waals surface area contributed by atoms with Gasteiger partial charge in [0, 0.05) is 32.1 Å². The Hall–Kier alpha value is -3.62. The van der Waals surface area contributed by atoms with Crippen molar-refractivity contribution in [1.82, 2.24) is 9.80 Å². The third-order valence-electron chi connectivity index (χ3n) is 6.42. The zero-order valence-electron chi connectivity index (χ0n) is 19.5. The molecule has 2 saturated heterocycles. The van der Waals surface area contributed by atoms with Gasteiger partial charge in [-0.25, -0.2) is 0 Å². The maximum atomic E-state index is 13.6. The van der Waals surface area contributed by atoms with E-state index in [1.165, 1.54) is 11.0 Å². The summed E-state index contributed by atoms with van der Waals surface area (Å²) in [6, 6.07) is 18.4. The van der Waals surface area contributed by atoms with E-state index < -0.39 is 23.6 Å². The van der Waals surface area contributed by atoms with Gasteiger partial charge in [-0.2, -0.15) is 0 Å². The van der Waals surface area contributed by atoms with Crippen LogP contribution in [-0.2, 0) is 32.3 Å². The van der Waals surface area contributed by atoms with E-state index in [2.05, 4.69) is 38.4 Å². The highest BCUT2D eigenvalue weighted by Gasteiger charge is 2.40. The first-order valence-corrected chi connectivity index (χ1v) is 13.1. The molecule has 2 aliphatic heterocycles. The molecule has 2 fully saturated rings. The van der Waals surface area contributed by atoms with E-state index in [-0.39, 0.29) is 36.2 Å². The van der Waals surface area contributed by atoms with Gasteiger partial charge in [0.05, 0.1) is 18.7 Å². The van der Waals surface area contributed by atoms with Gasteiger partial charge in [-0.3, -0.25) is 29.0 Å². The van der Waals surface area contributed by atoms with Crippen LogP contribution >= 0.6 is 31.9 Å². The Bertz CT molecular complexity index is 1500. The number of imide groups is 2. The fraction of sp³-hybridized carbons (Fsp3) is 0.103. The number of fused-ring (bicyclic) bond motifs is 4. The van der Waals surface area contributed by atoms with E-state index in [0.29, 0.717) is 20.1 Å². The molecule has 2 aromatic carbocycles. The van der Waals surface area contributed by atoms with E-state index in [9.17, 15) is 19.2 Å². The number of hydrogen-bond donors (Lipinski definition) is 0. The zero-order valence-corrected chi connectivity index (χ0v) is 22.7. The fourth-order valence-electron chi connectivity index (χ4n) is 4.49. The van der Waals surface area contributed by atoms with Gasteiger partial charge in [0.25, 0.3) is 23.6 Å². The van der Waals surface area contributed by atoms with Crippen LogP contribution in [0.3, 0.4) is 0 Å². The number of carbonyl (C=O) groups is 4. The fourth-order valence-corrected chi connectivity index (χ4v) is 5.71. The van der Waals surface area contributed by atoms with Crippen molar-refractivity contribution in [1.29, 1.82) is 0 Å². The molecule has 184 valence electrons. The Balaban J connectivity index is 1.64. The van der Waals surface area contributed by atoms with Gasteiger partial charge in [0.1, 0.15) is 0 Å². The lowest BCUT2D eigenvalue weighted by Gasteiger charge is -2.33. The molecule has 3 aliphatic rings. The van der Waals surface area contributed by atoms with Crippen molar-refractivity contribution in [2.45, 2.75) is 19.5 Å². The van der Waals surface area contributed by atoms with Gasteiger partial charge in [-0.15, -0.1) is 0 Å². The molecule has 2 aromatic rings. The molecule has 0 saturated carbocycles. The van der Waals surface area contributed by atoms with Crippen LogP contribution in [0.1, 0.15) is 17.5 Å². The molecule has 0 N–H and O–H groups in total. The highest BCUT2D eigenvalue weighted by Crippen LogP contribution is 2.39. The summed E-state index contributed by atoms with van der Waals surface area (Å²) in [5.41, 5.74) is 2.87. The van der Waals surface area contributed by atoms with Crippen LogP contribution in [0.15, 0.2) is 116 Å². The highest BCUT2D eigenvalue weighted by atomic mass is 79.9. The molecule has 4 bridgehead atoms. The van der Waals surface area contributed by atoms with Crippen molar-refractivity contribution in [3.05, 3.63) is 127 Å². The van der Waals surface area contributed by atoms with Gasteiger partial charge in [-0.1, -0.05) is 83.2 Å². The van der Waals surface area contributed by atoms with Crippen molar-refractivity contribution in [3.63, 3.8) is 0 Å². The van der Waals surface area contributed by atoms with E-state index in [4.69, 9.17) is 0 Å². The van der Waals surface area contributed by atoms with Crippen LogP contribution in [-0.4, -0.2) is 33.4 Å². The zero-order chi connectivity index (χ0) is 26.3. The molecule has 8 heteroatoms. The first-order valence-electron chi connectivity index (χ1n) is 11.5. The molecule has 37 heavy (non-hydrogen) atoms. The summed E-state index contributed by atoms with van der Waals surface area (Å²) >= 11 is 6.96. The smallest absolute Gasteiger partial charge is 0.262 e. The van der Waals surface area contributed by atoms with Crippen LogP contribution < -0.4 is 0 Å². The van der Waals surface area contributed by atoms with E-state index in [0.717, 1.165) is 16.0 Å². The number of hydrogen-bond acceptors (Lipinski definition) is 4. The topological polar surface area (TPSA) is 74.8 Å². The molecular formula is C29H20Br2N2O4. The summed E-state index contributed by atoms with van der Waals surface area (Å²) in [5, 5.41) is 0. The summed E-state index contributed by atoms with van der Waals surface area (Å²) < 4.78 is 0.693. The number of benzene rings is 2. The van der Waals surface area contributed by atoms with Gasteiger partial charge in [0.15, 0.2) is 0 Å². The lowest BCUT2D eigenvalue weighted by atomic mass is 9.88. The molecule has 0 radical (unpaired) electrons. The molecule has 4 amide bonds. The average molecular weight is 620 g/mol. The van der Waals surface area contributed by atoms with Crippen molar-refractivity contribution >= 4 is 55.5 Å². The van der Waals surface area contributed by atoms with E-state index in [1.807, 2.05) is 60.7 Å². The summed E-state index contributed by atoms with van der Waals surface area (Å²) in [7, 11) is 0. The SMILES string of the molecule is C=C1/C2=C(Br)\C=C3/C/C(=C(Br)\C=C/1C(=O)N(Cc1ccccc1)C2=O)C(=O)N(Cc1ccccc1)C3=O. The summed E-state index contributed by atoms with van der Waals surface area (Å²) in [6.45, 7) is 4.19. The lowest BCUT2D eigenvalue weighted by Crippen LogP contribution is -2.44. The predicted octanol–water partition coefficient (Wildman–Crippen LogP) is 5.24. The molecule has 0 spiro atoms. The number of piperidine rings is 2. The van der Waals surface area contributed by atoms with Crippen LogP contribution in [0.2, 0.25) is 0 Å². The summed E-state index contributed by atoms with van der Waals surface area (Å²) in [6.07, 6.45) is 3.14. The van der Waals surface area contributed by atoms with Crippen molar-refractivity contribution in [3.8, 4) is 0 Å². The second-order valence-electron chi connectivity index (χ2n) is 8.80. The van der Waals surface area contributed by atoms with Gasteiger partial charge >= 0.3 is 0 Å². The Morgan fingerprint density at radius 1 is 0.676 bits per heavy atom. The van der Waals surface area contributed by atoms with Crippen molar-refractivity contribution in [2.75, 3.05) is 0 Å². The summed E-state index contributed by atoms with van der Waals surface area (Å²) in [4.78, 5) is 56.3. The van der Waals surface area contributed by atoms with Crippen LogP contribution in [0, 0.1) is 0 Å². The van der Waals surface area contributed by atoms with Crippen molar-refractivity contribution < 1.29 is 19.2 Å². The molecule has 0 atom stereocenters. The van der Waals surface area contributed by atoms with Crippen LogP contribution in [0.25, 0.3) is 0 Å². The average Bonchev–Trinajstić information content (AvgIpc) is 2.89. The number of halogens is 2. The number of carbonyl (C=O) groups excluding carboxylic acids is 4.